The van der Waals surface area contributed by atoms with Crippen molar-refractivity contribution in [2.24, 2.45) is 0 Å². The van der Waals surface area contributed by atoms with Gasteiger partial charge >= 0.3 is 0 Å². The van der Waals surface area contributed by atoms with Crippen molar-refractivity contribution < 1.29 is 4.42 Å². The van der Waals surface area contributed by atoms with Crippen LogP contribution in [0, 0.1) is 0 Å². The smallest absolute Gasteiger partial charge is 0.161 e. The molecule has 0 aliphatic heterocycles. The molecule has 58 heavy (non-hydrogen) atoms. The Hall–Kier alpha value is -7.40. The second kappa shape index (κ2) is 13.1. The van der Waals surface area contributed by atoms with Crippen LogP contribution in [0.15, 0.2) is 211 Å². The van der Waals surface area contributed by atoms with Gasteiger partial charge in [-0.1, -0.05) is 140 Å². The minimum absolute atomic E-state index is 0.895. The van der Waals surface area contributed by atoms with Crippen molar-refractivity contribution in [2.45, 2.75) is 0 Å². The van der Waals surface area contributed by atoms with E-state index in [0.717, 1.165) is 66.8 Å². The van der Waals surface area contributed by atoms with Crippen LogP contribution in [0.25, 0.3) is 91.9 Å². The molecule has 0 amide bonds. The molecule has 4 heteroatoms. The van der Waals surface area contributed by atoms with Crippen molar-refractivity contribution in [3.05, 3.63) is 206 Å². The molecule has 272 valence electrons. The fourth-order valence-electron chi connectivity index (χ4n) is 8.96. The first kappa shape index (κ1) is 32.8. The zero-order chi connectivity index (χ0) is 38.2. The summed E-state index contributed by atoms with van der Waals surface area (Å²) >= 11 is 1.86. The molecule has 0 bridgehead atoms. The van der Waals surface area contributed by atoms with E-state index in [1.807, 2.05) is 11.3 Å². The number of furan rings is 1. The van der Waals surface area contributed by atoms with Crippen molar-refractivity contribution in [3.63, 3.8) is 0 Å². The molecule has 0 aliphatic carbocycles. The Morgan fingerprint density at radius 1 is 0.414 bits per heavy atom. The summed E-state index contributed by atoms with van der Waals surface area (Å²) < 4.78 is 11.8. The third-order valence-electron chi connectivity index (χ3n) is 11.6. The van der Waals surface area contributed by atoms with Crippen LogP contribution in [0.2, 0.25) is 0 Å². The lowest BCUT2D eigenvalue weighted by molar-refractivity contribution is 0.674. The first-order valence-electron chi connectivity index (χ1n) is 19.7. The van der Waals surface area contributed by atoms with Gasteiger partial charge in [0, 0.05) is 48.9 Å². The molecule has 0 N–H and O–H groups in total. The van der Waals surface area contributed by atoms with E-state index in [0.29, 0.717) is 0 Å². The Morgan fingerprint density at radius 3 is 1.81 bits per heavy atom. The molecule has 0 saturated carbocycles. The second-order valence-electron chi connectivity index (χ2n) is 14.9. The van der Waals surface area contributed by atoms with Crippen molar-refractivity contribution in [3.8, 4) is 27.9 Å². The molecule has 3 nitrogen and oxygen atoms in total. The maximum Gasteiger partial charge on any atom is 0.161 e. The molecular formula is C54H34N2OS. The maximum atomic E-state index is 6.89. The highest BCUT2D eigenvalue weighted by molar-refractivity contribution is 7.26. The normalized spacial score (nSPS) is 11.8. The van der Waals surface area contributed by atoms with E-state index in [1.54, 1.807) is 0 Å². The van der Waals surface area contributed by atoms with Gasteiger partial charge in [0.2, 0.25) is 0 Å². The van der Waals surface area contributed by atoms with E-state index in [9.17, 15) is 0 Å². The first-order chi connectivity index (χ1) is 28.8. The van der Waals surface area contributed by atoms with Crippen LogP contribution in [0.5, 0.6) is 0 Å². The van der Waals surface area contributed by atoms with E-state index >= 15 is 0 Å². The fraction of sp³-hybridized carbons (Fsp3) is 0. The van der Waals surface area contributed by atoms with Gasteiger partial charge in [-0.15, -0.1) is 11.3 Å². The molecular weight excluding hydrogens is 725 g/mol. The minimum Gasteiger partial charge on any atom is -0.453 e. The summed E-state index contributed by atoms with van der Waals surface area (Å²) in [5.74, 6) is 0. The average molecular weight is 759 g/mol. The second-order valence-corrected chi connectivity index (χ2v) is 15.9. The summed E-state index contributed by atoms with van der Waals surface area (Å²) in [4.78, 5) is 2.41. The lowest BCUT2D eigenvalue weighted by atomic mass is 9.98. The van der Waals surface area contributed by atoms with Gasteiger partial charge < -0.3 is 13.9 Å². The average Bonchev–Trinajstić information content (AvgIpc) is 3.97. The minimum atomic E-state index is 0.895. The number of hydrogen-bond donors (Lipinski definition) is 0. The van der Waals surface area contributed by atoms with Gasteiger partial charge in [0.1, 0.15) is 11.1 Å². The highest BCUT2D eigenvalue weighted by atomic mass is 32.1. The van der Waals surface area contributed by atoms with E-state index < -0.39 is 0 Å². The Balaban J connectivity index is 1.01. The summed E-state index contributed by atoms with van der Waals surface area (Å²) in [5, 5.41) is 7.27. The van der Waals surface area contributed by atoms with Crippen molar-refractivity contribution in [1.29, 1.82) is 0 Å². The zero-order valence-electron chi connectivity index (χ0n) is 31.3. The van der Waals surface area contributed by atoms with Gasteiger partial charge in [-0.2, -0.15) is 0 Å². The van der Waals surface area contributed by atoms with Gasteiger partial charge in [0.25, 0.3) is 0 Å². The van der Waals surface area contributed by atoms with E-state index in [2.05, 4.69) is 216 Å². The topological polar surface area (TPSA) is 21.3 Å². The predicted molar refractivity (Wildman–Crippen MR) is 247 cm³/mol. The molecule has 3 heterocycles. The predicted octanol–water partition coefficient (Wildman–Crippen LogP) is 15.9. The largest absolute Gasteiger partial charge is 0.453 e. The van der Waals surface area contributed by atoms with Crippen LogP contribution in [0.4, 0.5) is 17.1 Å². The zero-order valence-corrected chi connectivity index (χ0v) is 32.2. The van der Waals surface area contributed by atoms with Gasteiger partial charge in [-0.05, 0) is 94.2 Å². The highest BCUT2D eigenvalue weighted by Crippen LogP contribution is 2.46. The van der Waals surface area contributed by atoms with Gasteiger partial charge in [0.05, 0.1) is 15.9 Å². The molecule has 0 radical (unpaired) electrons. The molecule has 0 spiro atoms. The Bertz CT molecular complexity index is 3500. The van der Waals surface area contributed by atoms with Crippen LogP contribution >= 0.6 is 11.3 Å². The quantitative estimate of drug-likeness (QED) is 0.168. The number of benzene rings is 9. The molecule has 0 saturated heterocycles. The number of nitrogens with zero attached hydrogens (tertiary/aromatic N) is 2. The standard InChI is InChI=1S/C54H34N2OS/c1-2-15-38(16-3-1)56-48-24-8-6-19-46(48)53-51(56)47-23-11-21-43(52(47)57-53)37-29-33-40(34-30-37)55(49-25-12-22-45-44-18-7-9-26-50(44)58-54(45)49)39-31-27-36(28-32-39)42-20-10-14-35-13-4-5-17-41(35)42/h1-34H. The van der Waals surface area contributed by atoms with Gasteiger partial charge in [-0.25, -0.2) is 0 Å². The summed E-state index contributed by atoms with van der Waals surface area (Å²) in [6.45, 7) is 0. The molecule has 9 aromatic carbocycles. The SMILES string of the molecule is c1ccc(-n2c3ccccc3c3oc4c(-c5ccc(N(c6ccc(-c7cccc8ccccc78)cc6)c6cccc7c6sc6ccccc67)cc5)cccc4c32)cc1. The third-order valence-corrected chi connectivity index (χ3v) is 12.8. The van der Waals surface area contributed by atoms with E-state index in [1.165, 1.54) is 42.1 Å². The number of rotatable bonds is 6. The summed E-state index contributed by atoms with van der Waals surface area (Å²) in [7, 11) is 0. The fourth-order valence-corrected chi connectivity index (χ4v) is 10.2. The maximum absolute atomic E-state index is 6.89. The van der Waals surface area contributed by atoms with Crippen LogP contribution in [0.1, 0.15) is 0 Å². The van der Waals surface area contributed by atoms with E-state index in [-0.39, 0.29) is 0 Å². The van der Waals surface area contributed by atoms with Crippen molar-refractivity contribution in [2.75, 3.05) is 4.90 Å². The Kier molecular flexibility index (Phi) is 7.40. The molecule has 12 aromatic rings. The number of thiophene rings is 1. The molecule has 0 atom stereocenters. The molecule has 3 aromatic heterocycles. The Morgan fingerprint density at radius 2 is 1.00 bits per heavy atom. The number of fused-ring (bicyclic) bond motifs is 9. The van der Waals surface area contributed by atoms with Crippen LogP contribution in [-0.2, 0) is 0 Å². The van der Waals surface area contributed by atoms with Crippen LogP contribution in [0.3, 0.4) is 0 Å². The molecule has 12 rings (SSSR count). The number of para-hydroxylation sites is 3. The lowest BCUT2D eigenvalue weighted by Gasteiger charge is -2.26. The summed E-state index contributed by atoms with van der Waals surface area (Å²) in [6.07, 6.45) is 0. The highest BCUT2D eigenvalue weighted by Gasteiger charge is 2.22. The van der Waals surface area contributed by atoms with Crippen LogP contribution in [-0.4, -0.2) is 4.57 Å². The molecule has 0 aliphatic rings. The molecule has 0 fully saturated rings. The van der Waals surface area contributed by atoms with Crippen molar-refractivity contribution in [1.82, 2.24) is 4.57 Å². The third kappa shape index (κ3) is 5.05. The summed E-state index contributed by atoms with van der Waals surface area (Å²) in [6, 6.07) is 74.2. The number of aromatic nitrogens is 1. The van der Waals surface area contributed by atoms with Gasteiger partial charge in [-0.3, -0.25) is 0 Å². The van der Waals surface area contributed by atoms with Gasteiger partial charge in [0.15, 0.2) is 5.58 Å². The summed E-state index contributed by atoms with van der Waals surface area (Å²) in [5.41, 5.74) is 13.1. The molecule has 0 unspecified atom stereocenters. The van der Waals surface area contributed by atoms with E-state index in [4.69, 9.17) is 4.42 Å². The Labute approximate surface area is 338 Å². The number of anilines is 3. The lowest BCUT2D eigenvalue weighted by Crippen LogP contribution is -2.10. The monoisotopic (exact) mass is 758 g/mol. The van der Waals surface area contributed by atoms with Crippen LogP contribution < -0.4 is 4.90 Å². The number of hydrogen-bond acceptors (Lipinski definition) is 3. The van der Waals surface area contributed by atoms with Crippen molar-refractivity contribution >= 4 is 92.3 Å². The first-order valence-corrected chi connectivity index (χ1v) is 20.5.